The first-order chi connectivity index (χ1) is 7.76. The van der Waals surface area contributed by atoms with Gasteiger partial charge in [-0.3, -0.25) is 4.79 Å². The average molecular weight is 283 g/mol. The predicted molar refractivity (Wildman–Crippen MR) is 68.6 cm³/mol. The summed E-state index contributed by atoms with van der Waals surface area (Å²) < 4.78 is 5.17. The summed E-state index contributed by atoms with van der Waals surface area (Å²) in [6.45, 7) is 3.67. The zero-order valence-electron chi connectivity index (χ0n) is 9.06. The van der Waals surface area contributed by atoms with E-state index in [1.54, 1.807) is 6.08 Å². The Hall–Kier alpha value is -1.09. The van der Waals surface area contributed by atoms with E-state index in [0.29, 0.717) is 0 Å². The van der Waals surface area contributed by atoms with Gasteiger partial charge >= 0.3 is 5.97 Å². The van der Waals surface area contributed by atoms with Crippen LogP contribution in [0, 0.1) is 0 Å². The van der Waals surface area contributed by atoms with Crippen molar-refractivity contribution in [2.45, 2.75) is 18.9 Å². The molecule has 0 aliphatic rings. The normalized spacial score (nSPS) is 11.8. The van der Waals surface area contributed by atoms with E-state index in [9.17, 15) is 4.79 Å². The second kappa shape index (κ2) is 7.23. The first kappa shape index (κ1) is 13.0. The van der Waals surface area contributed by atoms with Crippen LogP contribution in [0.3, 0.4) is 0 Å². The van der Waals surface area contributed by atoms with Crippen LogP contribution >= 0.6 is 15.9 Å². The van der Waals surface area contributed by atoms with Gasteiger partial charge in [-0.1, -0.05) is 58.9 Å². The predicted octanol–water partition coefficient (Wildman–Crippen LogP) is 3.11. The molecule has 0 saturated heterocycles. The standard InChI is InChI=1S/C13H15BrO2/c1-2-12(16-13(15)10-14)9-8-11-6-4-3-5-7-11/h2-7,12H,1,8-10H2. The smallest absolute Gasteiger partial charge is 0.317 e. The molecular formula is C13H15BrO2. The molecule has 0 radical (unpaired) electrons. The zero-order chi connectivity index (χ0) is 11.8. The van der Waals surface area contributed by atoms with Crippen molar-refractivity contribution >= 4 is 21.9 Å². The van der Waals surface area contributed by atoms with Crippen LogP contribution in [0.4, 0.5) is 0 Å². The summed E-state index contributed by atoms with van der Waals surface area (Å²) in [5.74, 6) is -0.252. The second-order valence-corrected chi connectivity index (χ2v) is 3.98. The highest BCUT2D eigenvalue weighted by molar-refractivity contribution is 9.09. The number of halogens is 1. The molecule has 1 aromatic rings. The SMILES string of the molecule is C=CC(CCc1ccccc1)OC(=O)CBr. The Morgan fingerprint density at radius 1 is 1.44 bits per heavy atom. The van der Waals surface area contributed by atoms with Gasteiger partial charge in [-0.25, -0.2) is 0 Å². The lowest BCUT2D eigenvalue weighted by atomic mass is 10.1. The van der Waals surface area contributed by atoms with Crippen molar-refractivity contribution in [3.8, 4) is 0 Å². The van der Waals surface area contributed by atoms with Gasteiger partial charge < -0.3 is 4.74 Å². The minimum Gasteiger partial charge on any atom is -0.458 e. The fourth-order valence-electron chi connectivity index (χ4n) is 1.38. The maximum absolute atomic E-state index is 11.1. The lowest BCUT2D eigenvalue weighted by molar-refractivity contribution is -0.143. The molecule has 1 aromatic carbocycles. The maximum Gasteiger partial charge on any atom is 0.317 e. The largest absolute Gasteiger partial charge is 0.458 e. The number of rotatable bonds is 6. The van der Waals surface area contributed by atoms with Crippen LogP contribution in [0.25, 0.3) is 0 Å². The van der Waals surface area contributed by atoms with Crippen LogP contribution in [-0.4, -0.2) is 17.4 Å². The number of carbonyl (C=O) groups excluding carboxylic acids is 1. The molecule has 0 fully saturated rings. The molecule has 0 heterocycles. The van der Waals surface area contributed by atoms with Crippen molar-refractivity contribution < 1.29 is 9.53 Å². The summed E-state index contributed by atoms with van der Waals surface area (Å²) in [4.78, 5) is 11.1. The molecule has 0 amide bonds. The van der Waals surface area contributed by atoms with E-state index in [1.165, 1.54) is 5.56 Å². The summed E-state index contributed by atoms with van der Waals surface area (Å²) in [5, 5.41) is 0.225. The number of esters is 1. The van der Waals surface area contributed by atoms with E-state index >= 15 is 0 Å². The van der Waals surface area contributed by atoms with Crippen LogP contribution in [0.2, 0.25) is 0 Å². The van der Waals surface area contributed by atoms with Crippen molar-refractivity contribution in [2.24, 2.45) is 0 Å². The van der Waals surface area contributed by atoms with Gasteiger partial charge in [-0.15, -0.1) is 0 Å². The number of carbonyl (C=O) groups is 1. The Bertz CT molecular complexity index is 335. The van der Waals surface area contributed by atoms with Gasteiger partial charge in [0.15, 0.2) is 0 Å². The Labute approximate surface area is 104 Å². The monoisotopic (exact) mass is 282 g/mol. The zero-order valence-corrected chi connectivity index (χ0v) is 10.7. The summed E-state index contributed by atoms with van der Waals surface area (Å²) >= 11 is 3.06. The highest BCUT2D eigenvalue weighted by Gasteiger charge is 2.09. The van der Waals surface area contributed by atoms with Crippen molar-refractivity contribution in [1.82, 2.24) is 0 Å². The Balaban J connectivity index is 2.40. The highest BCUT2D eigenvalue weighted by Crippen LogP contribution is 2.08. The third-order valence-electron chi connectivity index (χ3n) is 2.22. The van der Waals surface area contributed by atoms with E-state index in [-0.39, 0.29) is 17.4 Å². The first-order valence-electron chi connectivity index (χ1n) is 5.18. The maximum atomic E-state index is 11.1. The number of benzene rings is 1. The van der Waals surface area contributed by atoms with Crippen molar-refractivity contribution in [1.29, 1.82) is 0 Å². The average Bonchev–Trinajstić information content (AvgIpc) is 2.35. The number of ether oxygens (including phenoxy) is 1. The number of alkyl halides is 1. The van der Waals surface area contributed by atoms with Gasteiger partial charge in [0, 0.05) is 0 Å². The fraction of sp³-hybridized carbons (Fsp3) is 0.308. The molecule has 0 aliphatic carbocycles. The molecule has 0 N–H and O–H groups in total. The van der Waals surface area contributed by atoms with E-state index in [4.69, 9.17) is 4.74 Å². The van der Waals surface area contributed by atoms with Crippen molar-refractivity contribution in [3.63, 3.8) is 0 Å². The van der Waals surface area contributed by atoms with E-state index in [2.05, 4.69) is 34.6 Å². The quantitative estimate of drug-likeness (QED) is 0.455. The lowest BCUT2D eigenvalue weighted by Crippen LogP contribution is -2.17. The molecule has 3 heteroatoms. The van der Waals surface area contributed by atoms with Gasteiger partial charge in [0.05, 0.1) is 0 Å². The summed E-state index contributed by atoms with van der Waals surface area (Å²) in [5.41, 5.74) is 1.24. The van der Waals surface area contributed by atoms with Crippen LogP contribution in [-0.2, 0) is 16.0 Å². The molecule has 86 valence electrons. The van der Waals surface area contributed by atoms with E-state index < -0.39 is 0 Å². The summed E-state index contributed by atoms with van der Waals surface area (Å²) in [6, 6.07) is 10.1. The second-order valence-electron chi connectivity index (χ2n) is 3.42. The third-order valence-corrected chi connectivity index (χ3v) is 2.67. The Morgan fingerprint density at radius 2 is 2.12 bits per heavy atom. The molecule has 1 unspecified atom stereocenters. The third kappa shape index (κ3) is 4.62. The lowest BCUT2D eigenvalue weighted by Gasteiger charge is -2.13. The van der Waals surface area contributed by atoms with Gasteiger partial charge in [-0.2, -0.15) is 0 Å². The molecule has 0 spiro atoms. The molecule has 0 aliphatic heterocycles. The molecule has 0 saturated carbocycles. The Kier molecular flexibility index (Phi) is 5.86. The number of hydrogen-bond donors (Lipinski definition) is 0. The molecule has 2 nitrogen and oxygen atoms in total. The van der Waals surface area contributed by atoms with Gasteiger partial charge in [0.1, 0.15) is 11.4 Å². The van der Waals surface area contributed by atoms with Gasteiger partial charge in [-0.05, 0) is 18.4 Å². The minimum atomic E-state index is -0.252. The van der Waals surface area contributed by atoms with Crippen molar-refractivity contribution in [2.75, 3.05) is 5.33 Å². The number of hydrogen-bond acceptors (Lipinski definition) is 2. The molecule has 16 heavy (non-hydrogen) atoms. The topological polar surface area (TPSA) is 26.3 Å². The molecule has 1 atom stereocenters. The van der Waals surface area contributed by atoms with Gasteiger partial charge in [0.2, 0.25) is 0 Å². The molecular weight excluding hydrogens is 268 g/mol. The summed E-state index contributed by atoms with van der Waals surface area (Å²) in [7, 11) is 0. The molecule has 0 aromatic heterocycles. The van der Waals surface area contributed by atoms with Crippen LogP contribution < -0.4 is 0 Å². The van der Waals surface area contributed by atoms with E-state index in [1.807, 2.05) is 18.2 Å². The van der Waals surface area contributed by atoms with Crippen LogP contribution in [0.15, 0.2) is 43.0 Å². The minimum absolute atomic E-state index is 0.203. The Morgan fingerprint density at radius 3 is 2.69 bits per heavy atom. The van der Waals surface area contributed by atoms with Crippen molar-refractivity contribution in [3.05, 3.63) is 48.6 Å². The van der Waals surface area contributed by atoms with Crippen LogP contribution in [0.5, 0.6) is 0 Å². The van der Waals surface area contributed by atoms with Crippen LogP contribution in [0.1, 0.15) is 12.0 Å². The van der Waals surface area contributed by atoms with Gasteiger partial charge in [0.25, 0.3) is 0 Å². The highest BCUT2D eigenvalue weighted by atomic mass is 79.9. The fourth-order valence-corrected chi connectivity index (χ4v) is 1.51. The molecule has 1 rings (SSSR count). The summed E-state index contributed by atoms with van der Waals surface area (Å²) in [6.07, 6.45) is 3.12. The van der Waals surface area contributed by atoms with E-state index in [0.717, 1.165) is 12.8 Å². The molecule has 0 bridgehead atoms. The first-order valence-corrected chi connectivity index (χ1v) is 6.30. The number of aryl methyl sites for hydroxylation is 1.